The summed E-state index contributed by atoms with van der Waals surface area (Å²) in [5.41, 5.74) is 1.97. The van der Waals surface area contributed by atoms with E-state index in [2.05, 4.69) is 10.3 Å². The van der Waals surface area contributed by atoms with Crippen LogP contribution in [0.5, 0.6) is 5.88 Å². The van der Waals surface area contributed by atoms with E-state index in [-0.39, 0.29) is 48.9 Å². The van der Waals surface area contributed by atoms with Gasteiger partial charge >= 0.3 is 6.09 Å². The van der Waals surface area contributed by atoms with Crippen molar-refractivity contribution in [2.45, 2.75) is 23.8 Å². The second kappa shape index (κ2) is 10.2. The van der Waals surface area contributed by atoms with Crippen molar-refractivity contribution in [3.8, 4) is 5.88 Å². The molecule has 2 amide bonds. The molecule has 1 aromatic carbocycles. The number of carboxylic acid groups (broad SMARTS) is 1. The highest BCUT2D eigenvalue weighted by Gasteiger charge is 2.30. The van der Waals surface area contributed by atoms with Crippen LogP contribution in [-0.4, -0.2) is 79.0 Å². The van der Waals surface area contributed by atoms with Crippen LogP contribution in [0.4, 0.5) is 4.79 Å². The lowest BCUT2D eigenvalue weighted by atomic mass is 9.99. The average Bonchev–Trinajstić information content (AvgIpc) is 3.27. The van der Waals surface area contributed by atoms with Gasteiger partial charge in [0.2, 0.25) is 21.8 Å². The maximum Gasteiger partial charge on any atom is 0.407 e. The molecule has 4 rings (SSSR count). The molecule has 2 N–H and O–H groups in total. The van der Waals surface area contributed by atoms with Gasteiger partial charge in [0.25, 0.3) is 0 Å². The van der Waals surface area contributed by atoms with Crippen molar-refractivity contribution in [3.05, 3.63) is 58.8 Å². The van der Waals surface area contributed by atoms with Crippen LogP contribution >= 0.6 is 11.6 Å². The maximum atomic E-state index is 13.1. The molecule has 0 aliphatic carbocycles. The third-order valence-electron chi connectivity index (χ3n) is 5.99. The Labute approximate surface area is 208 Å². The zero-order chi connectivity index (χ0) is 25.2. The van der Waals surface area contributed by atoms with Crippen molar-refractivity contribution < 1.29 is 27.9 Å². The summed E-state index contributed by atoms with van der Waals surface area (Å²) in [6, 6.07) is 9.62. The number of ether oxygens (including phenoxy) is 1. The molecular formula is C23H25ClN4O6S. The Morgan fingerprint density at radius 1 is 1.17 bits per heavy atom. The Balaban J connectivity index is 1.63. The summed E-state index contributed by atoms with van der Waals surface area (Å²) in [5, 5.41) is 12.4. The van der Waals surface area contributed by atoms with Gasteiger partial charge in [-0.3, -0.25) is 4.79 Å². The number of carbonyl (C=O) groups excluding carboxylic acids is 1. The number of carbonyl (C=O) groups is 2. The van der Waals surface area contributed by atoms with Gasteiger partial charge in [-0.05, 0) is 36.2 Å². The maximum absolute atomic E-state index is 13.1. The molecule has 2 saturated heterocycles. The van der Waals surface area contributed by atoms with E-state index < -0.39 is 16.1 Å². The number of benzene rings is 1. The topological polar surface area (TPSA) is 129 Å². The van der Waals surface area contributed by atoms with Crippen LogP contribution in [0, 0.1) is 0 Å². The van der Waals surface area contributed by atoms with Gasteiger partial charge in [0.15, 0.2) is 0 Å². The van der Waals surface area contributed by atoms with Gasteiger partial charge in [0.1, 0.15) is 5.02 Å². The Bertz CT molecular complexity index is 1260. The van der Waals surface area contributed by atoms with Gasteiger partial charge in [-0.1, -0.05) is 29.8 Å². The van der Waals surface area contributed by atoms with E-state index in [1.54, 1.807) is 24.3 Å². The van der Waals surface area contributed by atoms with Gasteiger partial charge in [0, 0.05) is 44.2 Å². The van der Waals surface area contributed by atoms with Gasteiger partial charge in [-0.15, -0.1) is 0 Å². The van der Waals surface area contributed by atoms with Crippen LogP contribution in [0.2, 0.25) is 5.02 Å². The molecule has 1 atom stereocenters. The molecular weight excluding hydrogens is 496 g/mol. The number of methoxy groups -OCH3 is 1. The number of nitrogens with zero attached hydrogens (tertiary/aromatic N) is 3. The third-order valence-corrected chi connectivity index (χ3v) is 8.19. The molecule has 2 fully saturated rings. The minimum absolute atomic E-state index is 0.0308. The molecule has 2 aliphatic rings. The third kappa shape index (κ3) is 5.42. The van der Waals surface area contributed by atoms with Gasteiger partial charge in [0.05, 0.1) is 17.7 Å². The summed E-state index contributed by atoms with van der Waals surface area (Å²) in [6.07, 6.45) is 1.91. The number of rotatable bonds is 6. The molecule has 12 heteroatoms. The Morgan fingerprint density at radius 2 is 1.86 bits per heavy atom. The highest BCUT2D eigenvalue weighted by Crippen LogP contribution is 2.30. The number of hydrogen-bond acceptors (Lipinski definition) is 6. The molecule has 0 bridgehead atoms. The van der Waals surface area contributed by atoms with Crippen molar-refractivity contribution in [2.75, 3.05) is 33.3 Å². The molecule has 0 spiro atoms. The second-order valence-corrected chi connectivity index (χ2v) is 10.5. The number of piperazine rings is 1. The van der Waals surface area contributed by atoms with Gasteiger partial charge in [-0.2, -0.15) is 4.31 Å². The second-order valence-electron chi connectivity index (χ2n) is 8.18. The SMILES string of the molecule is COc1nc(C(=C[C@H]2CCC(=O)N2)c2ccc(S(=O)(=O)N3CCN(C(=O)O)CC3)cc2)ccc1Cl. The van der Waals surface area contributed by atoms with E-state index >= 15 is 0 Å². The van der Waals surface area contributed by atoms with Crippen molar-refractivity contribution >= 4 is 39.2 Å². The molecule has 186 valence electrons. The summed E-state index contributed by atoms with van der Waals surface area (Å²) < 4.78 is 32.7. The fraction of sp³-hybridized carbons (Fsp3) is 0.348. The summed E-state index contributed by atoms with van der Waals surface area (Å²) >= 11 is 6.14. The lowest BCUT2D eigenvalue weighted by Gasteiger charge is -2.32. The molecule has 0 unspecified atom stereocenters. The molecule has 0 saturated carbocycles. The fourth-order valence-electron chi connectivity index (χ4n) is 4.09. The van der Waals surface area contributed by atoms with E-state index in [1.165, 1.54) is 28.4 Å². The van der Waals surface area contributed by atoms with Crippen LogP contribution in [0.15, 0.2) is 47.4 Å². The highest BCUT2D eigenvalue weighted by molar-refractivity contribution is 7.89. The Hall–Kier alpha value is -3.15. The van der Waals surface area contributed by atoms with Crippen LogP contribution in [0.1, 0.15) is 24.1 Å². The van der Waals surface area contributed by atoms with Crippen LogP contribution < -0.4 is 10.1 Å². The first-order chi connectivity index (χ1) is 16.7. The standard InChI is InChI=1S/C23H25ClN4O6S/c1-34-22-19(24)7-8-20(26-22)18(14-16-4-9-21(29)25-16)15-2-5-17(6-3-15)35(32,33)28-12-10-27(11-13-28)23(30)31/h2-3,5-8,14,16H,4,9-13H2,1H3,(H,25,29)(H,30,31)/t16-/m1/s1. The molecule has 2 aromatic rings. The first-order valence-corrected chi connectivity index (χ1v) is 12.8. The summed E-state index contributed by atoms with van der Waals surface area (Å²) in [6.45, 7) is 0.433. The van der Waals surface area contributed by atoms with E-state index in [9.17, 15) is 18.0 Å². The van der Waals surface area contributed by atoms with E-state index in [0.717, 1.165) is 0 Å². The van der Waals surface area contributed by atoms with Crippen molar-refractivity contribution in [1.29, 1.82) is 0 Å². The molecule has 1 aromatic heterocycles. The molecule has 2 aliphatic heterocycles. The molecule has 0 radical (unpaired) electrons. The highest BCUT2D eigenvalue weighted by atomic mass is 35.5. The van der Waals surface area contributed by atoms with Crippen LogP contribution in [-0.2, 0) is 14.8 Å². The van der Waals surface area contributed by atoms with Crippen molar-refractivity contribution in [2.24, 2.45) is 0 Å². The number of pyridine rings is 1. The Kier molecular flexibility index (Phi) is 7.29. The normalized spacial score (nSPS) is 19.5. The zero-order valence-electron chi connectivity index (χ0n) is 19.0. The lowest BCUT2D eigenvalue weighted by molar-refractivity contribution is -0.119. The largest absolute Gasteiger partial charge is 0.480 e. The monoisotopic (exact) mass is 520 g/mol. The Morgan fingerprint density at radius 3 is 2.43 bits per heavy atom. The number of aromatic nitrogens is 1. The minimum atomic E-state index is -3.78. The van der Waals surface area contributed by atoms with Gasteiger partial charge in [-0.25, -0.2) is 18.2 Å². The number of halogens is 1. The molecule has 10 nitrogen and oxygen atoms in total. The average molecular weight is 521 g/mol. The molecule has 35 heavy (non-hydrogen) atoms. The van der Waals surface area contributed by atoms with E-state index in [0.29, 0.717) is 34.7 Å². The van der Waals surface area contributed by atoms with Gasteiger partial charge < -0.3 is 20.1 Å². The number of sulfonamides is 1. The predicted molar refractivity (Wildman–Crippen MR) is 129 cm³/mol. The predicted octanol–water partition coefficient (Wildman–Crippen LogP) is 2.44. The number of amides is 2. The number of nitrogens with one attached hydrogen (secondary N) is 1. The van der Waals surface area contributed by atoms with E-state index in [1.807, 2.05) is 6.08 Å². The van der Waals surface area contributed by atoms with Crippen molar-refractivity contribution in [3.63, 3.8) is 0 Å². The van der Waals surface area contributed by atoms with Crippen LogP contribution in [0.3, 0.4) is 0 Å². The zero-order valence-corrected chi connectivity index (χ0v) is 20.6. The van der Waals surface area contributed by atoms with E-state index in [4.69, 9.17) is 21.4 Å². The minimum Gasteiger partial charge on any atom is -0.480 e. The van der Waals surface area contributed by atoms with Crippen molar-refractivity contribution in [1.82, 2.24) is 19.5 Å². The first-order valence-electron chi connectivity index (χ1n) is 11.0. The summed E-state index contributed by atoms with van der Waals surface area (Å²) in [5.74, 6) is 0.224. The number of hydrogen-bond donors (Lipinski definition) is 2. The summed E-state index contributed by atoms with van der Waals surface area (Å²) in [7, 11) is -2.31. The summed E-state index contributed by atoms with van der Waals surface area (Å²) in [4.78, 5) is 28.6. The first kappa shape index (κ1) is 25.0. The lowest BCUT2D eigenvalue weighted by Crippen LogP contribution is -2.50. The quantitative estimate of drug-likeness (QED) is 0.598. The molecule has 3 heterocycles. The smallest absolute Gasteiger partial charge is 0.407 e. The fourth-order valence-corrected chi connectivity index (χ4v) is 5.69. The van der Waals surface area contributed by atoms with Crippen LogP contribution in [0.25, 0.3) is 5.57 Å².